The summed E-state index contributed by atoms with van der Waals surface area (Å²) in [4.78, 5) is 21.8. The van der Waals surface area contributed by atoms with Gasteiger partial charge >= 0.3 is 0 Å². The number of pyridine rings is 1. The van der Waals surface area contributed by atoms with Gasteiger partial charge in [0.25, 0.3) is 0 Å². The third-order valence-corrected chi connectivity index (χ3v) is 4.98. The molecular formula is C22H17N3OS. The molecule has 2 aromatic carbocycles. The summed E-state index contributed by atoms with van der Waals surface area (Å²) >= 11 is 1.41. The van der Waals surface area contributed by atoms with Crippen LogP contribution >= 0.6 is 11.3 Å². The van der Waals surface area contributed by atoms with E-state index >= 15 is 0 Å². The van der Waals surface area contributed by atoms with Crippen molar-refractivity contribution in [2.24, 2.45) is 0 Å². The number of aromatic nitrogens is 2. The van der Waals surface area contributed by atoms with Gasteiger partial charge in [0.2, 0.25) is 5.91 Å². The fourth-order valence-electron chi connectivity index (χ4n) is 2.94. The first-order valence-corrected chi connectivity index (χ1v) is 9.46. The summed E-state index contributed by atoms with van der Waals surface area (Å²) in [5, 5.41) is 5.48. The lowest BCUT2D eigenvalue weighted by molar-refractivity contribution is -0.116. The van der Waals surface area contributed by atoms with Crippen LogP contribution in [0.25, 0.3) is 11.3 Å². The molecule has 0 fully saturated rings. The maximum Gasteiger partial charge on any atom is 0.238 e. The van der Waals surface area contributed by atoms with Crippen molar-refractivity contribution >= 4 is 22.4 Å². The molecule has 4 nitrogen and oxygen atoms in total. The normalized spacial score (nSPS) is 10.7. The van der Waals surface area contributed by atoms with Gasteiger partial charge in [-0.25, -0.2) is 4.98 Å². The largest absolute Gasteiger partial charge is 0.301 e. The van der Waals surface area contributed by atoms with Crippen LogP contribution in [0.5, 0.6) is 0 Å². The van der Waals surface area contributed by atoms with E-state index in [1.807, 2.05) is 78.2 Å². The summed E-state index contributed by atoms with van der Waals surface area (Å²) in [6.07, 6.45) is 3.49. The van der Waals surface area contributed by atoms with Gasteiger partial charge in [0.15, 0.2) is 5.13 Å². The second-order valence-electron chi connectivity index (χ2n) is 6.02. The summed E-state index contributed by atoms with van der Waals surface area (Å²) in [7, 11) is 0. The van der Waals surface area contributed by atoms with E-state index in [1.54, 1.807) is 12.4 Å². The zero-order chi connectivity index (χ0) is 18.5. The van der Waals surface area contributed by atoms with E-state index in [2.05, 4.69) is 15.3 Å². The first-order chi connectivity index (χ1) is 13.3. The highest BCUT2D eigenvalue weighted by Gasteiger charge is 2.23. The quantitative estimate of drug-likeness (QED) is 0.538. The molecular weight excluding hydrogens is 354 g/mol. The Morgan fingerprint density at radius 1 is 0.889 bits per heavy atom. The van der Waals surface area contributed by atoms with Crippen LogP contribution in [-0.2, 0) is 4.79 Å². The Morgan fingerprint density at radius 3 is 2.15 bits per heavy atom. The Hall–Kier alpha value is -3.31. The van der Waals surface area contributed by atoms with Gasteiger partial charge in [0, 0.05) is 23.3 Å². The Balaban J connectivity index is 1.61. The Bertz CT molecular complexity index is 978. The highest BCUT2D eigenvalue weighted by molar-refractivity contribution is 7.14. The summed E-state index contributed by atoms with van der Waals surface area (Å²) in [5.41, 5.74) is 3.63. The van der Waals surface area contributed by atoms with Gasteiger partial charge in [-0.1, -0.05) is 60.7 Å². The van der Waals surface area contributed by atoms with E-state index in [4.69, 9.17) is 0 Å². The lowest BCUT2D eigenvalue weighted by atomic mass is 9.90. The smallest absolute Gasteiger partial charge is 0.238 e. The van der Waals surface area contributed by atoms with E-state index < -0.39 is 5.92 Å². The Kier molecular flexibility index (Phi) is 5.03. The number of carbonyl (C=O) groups excluding carboxylic acids is 1. The van der Waals surface area contributed by atoms with Crippen LogP contribution in [-0.4, -0.2) is 15.9 Å². The molecule has 4 rings (SSSR count). The molecule has 2 heterocycles. The second-order valence-corrected chi connectivity index (χ2v) is 6.88. The number of anilines is 1. The fraction of sp³-hybridized carbons (Fsp3) is 0.0455. The van der Waals surface area contributed by atoms with Gasteiger partial charge in [-0.05, 0) is 23.3 Å². The van der Waals surface area contributed by atoms with Gasteiger partial charge in [-0.3, -0.25) is 9.78 Å². The number of rotatable bonds is 5. The number of carbonyl (C=O) groups is 1. The summed E-state index contributed by atoms with van der Waals surface area (Å²) in [6.45, 7) is 0. The van der Waals surface area contributed by atoms with Crippen molar-refractivity contribution in [2.75, 3.05) is 5.32 Å². The minimum absolute atomic E-state index is 0.0977. The van der Waals surface area contributed by atoms with Crippen LogP contribution < -0.4 is 5.32 Å². The first-order valence-electron chi connectivity index (χ1n) is 8.58. The first kappa shape index (κ1) is 17.1. The maximum absolute atomic E-state index is 13.1. The average Bonchev–Trinajstić information content (AvgIpc) is 3.19. The average molecular weight is 371 g/mol. The van der Waals surface area contributed by atoms with E-state index in [9.17, 15) is 4.79 Å². The molecule has 0 atom stereocenters. The highest BCUT2D eigenvalue weighted by atomic mass is 32.1. The van der Waals surface area contributed by atoms with Crippen LogP contribution in [0.4, 0.5) is 5.13 Å². The maximum atomic E-state index is 13.1. The molecule has 132 valence electrons. The summed E-state index contributed by atoms with van der Waals surface area (Å²) in [6, 6.07) is 23.4. The molecule has 4 aromatic rings. The monoisotopic (exact) mass is 371 g/mol. The van der Waals surface area contributed by atoms with Crippen LogP contribution in [0.1, 0.15) is 17.0 Å². The van der Waals surface area contributed by atoms with Crippen molar-refractivity contribution < 1.29 is 4.79 Å². The molecule has 0 aliphatic heterocycles. The van der Waals surface area contributed by atoms with Crippen LogP contribution in [0.2, 0.25) is 0 Å². The van der Waals surface area contributed by atoms with E-state index in [0.717, 1.165) is 22.4 Å². The topological polar surface area (TPSA) is 54.9 Å². The van der Waals surface area contributed by atoms with E-state index in [1.165, 1.54) is 11.3 Å². The molecule has 0 saturated carbocycles. The molecule has 5 heteroatoms. The molecule has 0 unspecified atom stereocenters. The Labute approximate surface area is 161 Å². The second kappa shape index (κ2) is 7.93. The molecule has 0 spiro atoms. The predicted octanol–water partition coefficient (Wildman–Crippen LogP) is 4.98. The van der Waals surface area contributed by atoms with Gasteiger partial charge in [0.05, 0.1) is 11.6 Å². The van der Waals surface area contributed by atoms with Crippen LogP contribution in [0.3, 0.4) is 0 Å². The standard InChI is InChI=1S/C22H17N3OS/c26-21(25-22-24-19(15-27-22)18-12-7-13-23-14-18)20(16-8-3-1-4-9-16)17-10-5-2-6-11-17/h1-15,20H,(H,24,25,26). The highest BCUT2D eigenvalue weighted by Crippen LogP contribution is 2.28. The lowest BCUT2D eigenvalue weighted by Crippen LogP contribution is -2.22. The summed E-state index contributed by atoms with van der Waals surface area (Å²) < 4.78 is 0. The minimum atomic E-state index is -0.391. The third kappa shape index (κ3) is 3.93. The van der Waals surface area contributed by atoms with Crippen LogP contribution in [0.15, 0.2) is 90.6 Å². The molecule has 0 bridgehead atoms. The predicted molar refractivity (Wildman–Crippen MR) is 109 cm³/mol. The third-order valence-electron chi connectivity index (χ3n) is 4.22. The zero-order valence-electron chi connectivity index (χ0n) is 14.4. The molecule has 0 aliphatic carbocycles. The molecule has 0 radical (unpaired) electrons. The number of amides is 1. The minimum Gasteiger partial charge on any atom is -0.301 e. The fourth-order valence-corrected chi connectivity index (χ4v) is 3.66. The number of nitrogens with one attached hydrogen (secondary N) is 1. The number of hydrogen-bond acceptors (Lipinski definition) is 4. The van der Waals surface area contributed by atoms with E-state index in [-0.39, 0.29) is 5.91 Å². The van der Waals surface area contributed by atoms with Crippen LogP contribution in [0, 0.1) is 0 Å². The van der Waals surface area contributed by atoms with Gasteiger partial charge in [-0.2, -0.15) is 0 Å². The van der Waals surface area contributed by atoms with Crippen molar-refractivity contribution in [1.82, 2.24) is 9.97 Å². The SMILES string of the molecule is O=C(Nc1nc(-c2cccnc2)cs1)C(c1ccccc1)c1ccccc1. The van der Waals surface area contributed by atoms with Crippen molar-refractivity contribution in [1.29, 1.82) is 0 Å². The Morgan fingerprint density at radius 2 is 1.56 bits per heavy atom. The number of nitrogens with zero attached hydrogens (tertiary/aromatic N) is 2. The molecule has 1 amide bonds. The number of thiazole rings is 1. The number of benzene rings is 2. The molecule has 2 aromatic heterocycles. The van der Waals surface area contributed by atoms with Crippen molar-refractivity contribution in [2.45, 2.75) is 5.92 Å². The van der Waals surface area contributed by atoms with Crippen molar-refractivity contribution in [3.63, 3.8) is 0 Å². The number of hydrogen-bond donors (Lipinski definition) is 1. The van der Waals surface area contributed by atoms with Crippen molar-refractivity contribution in [3.05, 3.63) is 102 Å². The van der Waals surface area contributed by atoms with E-state index in [0.29, 0.717) is 5.13 Å². The molecule has 0 saturated heterocycles. The summed E-state index contributed by atoms with van der Waals surface area (Å²) in [5.74, 6) is -0.488. The molecule has 0 aliphatic rings. The van der Waals surface area contributed by atoms with Gasteiger partial charge in [0.1, 0.15) is 0 Å². The molecule has 1 N–H and O–H groups in total. The van der Waals surface area contributed by atoms with Gasteiger partial charge < -0.3 is 5.32 Å². The lowest BCUT2D eigenvalue weighted by Gasteiger charge is -2.17. The molecule has 27 heavy (non-hydrogen) atoms. The zero-order valence-corrected chi connectivity index (χ0v) is 15.3. The van der Waals surface area contributed by atoms with Gasteiger partial charge in [-0.15, -0.1) is 11.3 Å². The van der Waals surface area contributed by atoms with Crippen molar-refractivity contribution in [3.8, 4) is 11.3 Å².